The Hall–Kier alpha value is -1.08. The highest BCUT2D eigenvalue weighted by Gasteiger charge is 2.73. The summed E-state index contributed by atoms with van der Waals surface area (Å²) in [6.07, 6.45) is 8.90. The quantitative estimate of drug-likeness (QED) is 0.824. The molecular weight excluding hydrogens is 240 g/mol. The molecule has 0 aromatic carbocycles. The SMILES string of the molecule is N#C[C@@]1(C(=O)N[C@@H]2C[C@H]3CC[C@H]2O3)CC12CCCC2. The summed E-state index contributed by atoms with van der Waals surface area (Å²) in [5.74, 6) is -0.0157. The summed E-state index contributed by atoms with van der Waals surface area (Å²) < 4.78 is 5.77. The van der Waals surface area contributed by atoms with E-state index in [0.29, 0.717) is 6.10 Å². The van der Waals surface area contributed by atoms with E-state index in [1.54, 1.807) is 0 Å². The number of rotatable bonds is 2. The van der Waals surface area contributed by atoms with E-state index in [-0.39, 0.29) is 23.5 Å². The Morgan fingerprint density at radius 3 is 2.68 bits per heavy atom. The van der Waals surface area contributed by atoms with Crippen LogP contribution in [0.3, 0.4) is 0 Å². The normalized spacial score (nSPS) is 45.3. The van der Waals surface area contributed by atoms with Gasteiger partial charge in [0, 0.05) is 5.41 Å². The molecule has 0 aromatic rings. The fourth-order valence-electron chi connectivity index (χ4n) is 4.73. The molecule has 2 heterocycles. The van der Waals surface area contributed by atoms with Gasteiger partial charge in [-0.05, 0) is 38.5 Å². The molecule has 2 saturated heterocycles. The van der Waals surface area contributed by atoms with E-state index in [2.05, 4.69) is 11.4 Å². The number of nitriles is 1. The number of hydrogen-bond donors (Lipinski definition) is 1. The van der Waals surface area contributed by atoms with E-state index in [1.807, 2.05) is 0 Å². The number of fused-ring (bicyclic) bond motifs is 2. The van der Waals surface area contributed by atoms with Crippen LogP contribution in [-0.4, -0.2) is 24.2 Å². The summed E-state index contributed by atoms with van der Waals surface area (Å²) in [5.41, 5.74) is -0.699. The van der Waals surface area contributed by atoms with E-state index < -0.39 is 5.41 Å². The van der Waals surface area contributed by atoms with Crippen molar-refractivity contribution in [3.63, 3.8) is 0 Å². The third-order valence-corrected chi connectivity index (χ3v) is 5.95. The van der Waals surface area contributed by atoms with Crippen molar-refractivity contribution in [2.75, 3.05) is 0 Å². The van der Waals surface area contributed by atoms with Gasteiger partial charge in [0.05, 0.1) is 24.3 Å². The number of hydrogen-bond acceptors (Lipinski definition) is 3. The molecule has 4 rings (SSSR count). The maximum Gasteiger partial charge on any atom is 0.241 e. The average molecular weight is 260 g/mol. The van der Waals surface area contributed by atoms with Crippen molar-refractivity contribution < 1.29 is 9.53 Å². The molecule has 4 nitrogen and oxygen atoms in total. The van der Waals surface area contributed by atoms with Crippen LogP contribution in [0.4, 0.5) is 0 Å². The first-order valence-corrected chi connectivity index (χ1v) is 7.57. The van der Waals surface area contributed by atoms with Gasteiger partial charge in [0.1, 0.15) is 5.41 Å². The lowest BCUT2D eigenvalue weighted by Gasteiger charge is -2.23. The molecule has 4 atom stereocenters. The molecule has 4 fully saturated rings. The largest absolute Gasteiger partial charge is 0.373 e. The monoisotopic (exact) mass is 260 g/mol. The molecule has 2 aliphatic heterocycles. The maximum absolute atomic E-state index is 12.6. The lowest BCUT2D eigenvalue weighted by molar-refractivity contribution is -0.126. The average Bonchev–Trinajstić information content (AvgIpc) is 2.87. The van der Waals surface area contributed by atoms with Crippen molar-refractivity contribution in [2.45, 2.75) is 69.6 Å². The van der Waals surface area contributed by atoms with E-state index in [9.17, 15) is 10.1 Å². The minimum atomic E-state index is -0.717. The van der Waals surface area contributed by atoms with Gasteiger partial charge < -0.3 is 10.1 Å². The van der Waals surface area contributed by atoms with Crippen LogP contribution in [0, 0.1) is 22.2 Å². The molecule has 19 heavy (non-hydrogen) atoms. The Morgan fingerprint density at radius 1 is 1.32 bits per heavy atom. The van der Waals surface area contributed by atoms with Crippen LogP contribution in [-0.2, 0) is 9.53 Å². The summed E-state index contributed by atoms with van der Waals surface area (Å²) in [6.45, 7) is 0. The minimum absolute atomic E-state index is 0.0157. The number of nitrogens with zero attached hydrogens (tertiary/aromatic N) is 1. The third-order valence-electron chi connectivity index (χ3n) is 5.95. The predicted molar refractivity (Wildman–Crippen MR) is 68.0 cm³/mol. The first kappa shape index (κ1) is 11.7. The minimum Gasteiger partial charge on any atom is -0.373 e. The molecule has 0 radical (unpaired) electrons. The highest BCUT2D eigenvalue weighted by Crippen LogP contribution is 2.71. The number of ether oxygens (including phenoxy) is 1. The Kier molecular flexibility index (Phi) is 2.30. The van der Waals surface area contributed by atoms with Crippen LogP contribution in [0.15, 0.2) is 0 Å². The van der Waals surface area contributed by atoms with Crippen LogP contribution in [0.1, 0.15) is 51.4 Å². The van der Waals surface area contributed by atoms with Gasteiger partial charge in [-0.1, -0.05) is 12.8 Å². The van der Waals surface area contributed by atoms with Crippen LogP contribution in [0.5, 0.6) is 0 Å². The first-order valence-electron chi connectivity index (χ1n) is 7.57. The van der Waals surface area contributed by atoms with E-state index in [4.69, 9.17) is 4.74 Å². The summed E-state index contributed by atoms with van der Waals surface area (Å²) >= 11 is 0. The highest BCUT2D eigenvalue weighted by molar-refractivity contribution is 5.90. The van der Waals surface area contributed by atoms with Crippen molar-refractivity contribution in [3.8, 4) is 6.07 Å². The third kappa shape index (κ3) is 1.45. The molecule has 2 bridgehead atoms. The number of carbonyl (C=O) groups excluding carboxylic acids is 1. The number of amides is 1. The molecule has 1 spiro atoms. The summed E-state index contributed by atoms with van der Waals surface area (Å²) in [6, 6.07) is 2.50. The molecule has 0 aromatic heterocycles. The van der Waals surface area contributed by atoms with Gasteiger partial charge in [-0.3, -0.25) is 4.79 Å². The second-order valence-electron chi connectivity index (χ2n) is 6.87. The summed E-state index contributed by atoms with van der Waals surface area (Å²) in [4.78, 5) is 12.6. The summed E-state index contributed by atoms with van der Waals surface area (Å²) in [7, 11) is 0. The predicted octanol–water partition coefficient (Wildman–Crippen LogP) is 1.90. The molecule has 0 unspecified atom stereocenters. The highest BCUT2D eigenvalue weighted by atomic mass is 16.5. The van der Waals surface area contributed by atoms with Crippen LogP contribution >= 0.6 is 0 Å². The van der Waals surface area contributed by atoms with Crippen molar-refractivity contribution in [1.29, 1.82) is 5.26 Å². The molecular formula is C15H20N2O2. The van der Waals surface area contributed by atoms with Crippen molar-refractivity contribution in [3.05, 3.63) is 0 Å². The Labute approximate surface area is 113 Å². The lowest BCUT2D eigenvalue weighted by atomic mass is 9.90. The standard InChI is InChI=1S/C15H20N2O2/c16-9-15(8-14(15)5-1-2-6-14)13(18)17-11-7-10-3-4-12(11)19-10/h10-12H,1-8H2,(H,17,18)/t10-,11-,12-,15-/m1/s1. The molecule has 102 valence electrons. The maximum atomic E-state index is 12.6. The van der Waals surface area contributed by atoms with Crippen molar-refractivity contribution in [2.24, 2.45) is 10.8 Å². The zero-order chi connectivity index (χ0) is 13.1. The van der Waals surface area contributed by atoms with Crippen LogP contribution < -0.4 is 5.32 Å². The van der Waals surface area contributed by atoms with Gasteiger partial charge >= 0.3 is 0 Å². The van der Waals surface area contributed by atoms with Crippen LogP contribution in [0.25, 0.3) is 0 Å². The van der Waals surface area contributed by atoms with Gasteiger partial charge in [0.25, 0.3) is 0 Å². The Balaban J connectivity index is 1.47. The van der Waals surface area contributed by atoms with E-state index >= 15 is 0 Å². The fraction of sp³-hybridized carbons (Fsp3) is 0.867. The second-order valence-corrected chi connectivity index (χ2v) is 6.87. The zero-order valence-corrected chi connectivity index (χ0v) is 11.2. The second kappa shape index (κ2) is 3.73. The Morgan fingerprint density at radius 2 is 2.11 bits per heavy atom. The lowest BCUT2D eigenvalue weighted by Crippen LogP contribution is -2.45. The zero-order valence-electron chi connectivity index (χ0n) is 11.2. The van der Waals surface area contributed by atoms with Crippen molar-refractivity contribution >= 4 is 5.91 Å². The number of nitrogens with one attached hydrogen (secondary N) is 1. The smallest absolute Gasteiger partial charge is 0.241 e. The van der Waals surface area contributed by atoms with Gasteiger partial charge in [-0.2, -0.15) is 5.26 Å². The first-order chi connectivity index (χ1) is 9.19. The van der Waals surface area contributed by atoms with Gasteiger partial charge in [-0.15, -0.1) is 0 Å². The molecule has 2 aliphatic carbocycles. The summed E-state index contributed by atoms with van der Waals surface area (Å²) in [5, 5.41) is 12.6. The topological polar surface area (TPSA) is 62.1 Å². The molecule has 4 heteroatoms. The molecule has 1 N–H and O–H groups in total. The van der Waals surface area contributed by atoms with E-state index in [0.717, 1.165) is 38.5 Å². The van der Waals surface area contributed by atoms with Crippen molar-refractivity contribution in [1.82, 2.24) is 5.32 Å². The molecule has 1 amide bonds. The Bertz CT molecular complexity index is 463. The van der Waals surface area contributed by atoms with Gasteiger partial charge in [-0.25, -0.2) is 0 Å². The molecule has 2 saturated carbocycles. The van der Waals surface area contributed by atoms with E-state index in [1.165, 1.54) is 12.8 Å². The van der Waals surface area contributed by atoms with Gasteiger partial charge in [0.15, 0.2) is 0 Å². The van der Waals surface area contributed by atoms with Crippen LogP contribution in [0.2, 0.25) is 0 Å². The fourth-order valence-corrected chi connectivity index (χ4v) is 4.73. The number of carbonyl (C=O) groups is 1. The molecule has 4 aliphatic rings. The van der Waals surface area contributed by atoms with Gasteiger partial charge in [0.2, 0.25) is 5.91 Å².